The molecule has 0 radical (unpaired) electrons. The zero-order valence-corrected chi connectivity index (χ0v) is 21.8. The van der Waals surface area contributed by atoms with E-state index in [4.69, 9.17) is 14.2 Å². The van der Waals surface area contributed by atoms with E-state index in [2.05, 4.69) is 27.1 Å². The number of hydrogen-bond acceptors (Lipinski definition) is 7. The van der Waals surface area contributed by atoms with Gasteiger partial charge in [-0.15, -0.1) is 0 Å². The van der Waals surface area contributed by atoms with Gasteiger partial charge in [0.25, 0.3) is 0 Å². The summed E-state index contributed by atoms with van der Waals surface area (Å²) in [5.41, 5.74) is 3.14. The van der Waals surface area contributed by atoms with E-state index in [-0.39, 0.29) is 0 Å². The fraction of sp³-hybridized carbons (Fsp3) is 0.483. The molecule has 200 valence electrons. The predicted molar refractivity (Wildman–Crippen MR) is 149 cm³/mol. The van der Waals surface area contributed by atoms with Gasteiger partial charge in [-0.25, -0.2) is 4.39 Å². The minimum atomic E-state index is -0.423. The minimum Gasteiger partial charge on any atom is -0.492 e. The second kappa shape index (κ2) is 14.1. The normalized spacial score (nSPS) is 17.1. The zero-order valence-electron chi connectivity index (χ0n) is 21.8. The van der Waals surface area contributed by atoms with Crippen LogP contribution in [0.2, 0.25) is 0 Å². The maximum Gasteiger partial charge on any atom is 0.138 e. The van der Waals surface area contributed by atoms with Crippen LogP contribution in [-0.4, -0.2) is 70.3 Å². The van der Waals surface area contributed by atoms with Crippen LogP contribution in [0.4, 0.5) is 21.5 Å². The standard InChI is InChI=1S/C29H39FN4O3/c1-3-31-28-21-26(37-19-14-34-12-17-36-18-13-34)20-27(30)29(28)22(2)33-25-6-4-24(5-7-25)32-11-8-23-9-15-35-16-10-23/h3-7,20-21,23,32-33H,2,8-19H2,1H3. The molecule has 0 saturated carbocycles. The first-order chi connectivity index (χ1) is 18.1. The topological polar surface area (TPSA) is 67.3 Å². The Hall–Kier alpha value is -2.94. The van der Waals surface area contributed by atoms with Gasteiger partial charge in [-0.2, -0.15) is 0 Å². The largest absolute Gasteiger partial charge is 0.492 e. The number of rotatable bonds is 12. The van der Waals surface area contributed by atoms with Crippen molar-refractivity contribution in [2.45, 2.75) is 26.2 Å². The molecule has 0 unspecified atom stereocenters. The molecule has 2 N–H and O–H groups in total. The van der Waals surface area contributed by atoms with E-state index in [0.29, 0.717) is 29.3 Å². The number of aliphatic imine (C=N–C) groups is 1. The van der Waals surface area contributed by atoms with Crippen LogP contribution in [0.1, 0.15) is 31.7 Å². The predicted octanol–water partition coefficient (Wildman–Crippen LogP) is 5.57. The molecule has 7 nitrogen and oxygen atoms in total. The molecule has 2 fully saturated rings. The van der Waals surface area contributed by atoms with Crippen LogP contribution in [0.5, 0.6) is 5.75 Å². The third-order valence-corrected chi connectivity index (χ3v) is 6.80. The second-order valence-electron chi connectivity index (χ2n) is 9.44. The van der Waals surface area contributed by atoms with Crippen LogP contribution in [0.15, 0.2) is 48.0 Å². The SMILES string of the molecule is C=C(Nc1ccc(NCCC2CCOCC2)cc1)c1c(F)cc(OCCN2CCOCC2)cc1N=CC. The second-order valence-corrected chi connectivity index (χ2v) is 9.44. The summed E-state index contributed by atoms with van der Waals surface area (Å²) in [4.78, 5) is 6.66. The molecule has 2 aromatic rings. The van der Waals surface area contributed by atoms with Crippen LogP contribution in [-0.2, 0) is 9.47 Å². The summed E-state index contributed by atoms with van der Waals surface area (Å²) >= 11 is 0. The lowest BCUT2D eigenvalue weighted by Gasteiger charge is -2.26. The van der Waals surface area contributed by atoms with Gasteiger partial charge >= 0.3 is 0 Å². The molecular formula is C29H39FN4O3. The van der Waals surface area contributed by atoms with Crippen molar-refractivity contribution in [1.29, 1.82) is 0 Å². The van der Waals surface area contributed by atoms with E-state index < -0.39 is 5.82 Å². The number of ether oxygens (including phenoxy) is 3. The molecule has 0 aliphatic carbocycles. The van der Waals surface area contributed by atoms with E-state index in [0.717, 1.165) is 89.2 Å². The molecule has 0 aromatic heterocycles. The average Bonchev–Trinajstić information content (AvgIpc) is 2.91. The van der Waals surface area contributed by atoms with Gasteiger partial charge in [0.05, 0.1) is 24.5 Å². The number of anilines is 2. The van der Waals surface area contributed by atoms with E-state index >= 15 is 4.39 Å². The Morgan fingerprint density at radius 1 is 1.11 bits per heavy atom. The number of nitrogens with one attached hydrogen (secondary N) is 2. The molecule has 2 aliphatic rings. The zero-order chi connectivity index (χ0) is 25.9. The highest BCUT2D eigenvalue weighted by Crippen LogP contribution is 2.33. The molecule has 0 amide bonds. The van der Waals surface area contributed by atoms with Crippen LogP contribution >= 0.6 is 0 Å². The van der Waals surface area contributed by atoms with Crippen molar-refractivity contribution in [1.82, 2.24) is 4.90 Å². The van der Waals surface area contributed by atoms with Crippen LogP contribution in [0, 0.1) is 11.7 Å². The van der Waals surface area contributed by atoms with Crippen LogP contribution in [0.25, 0.3) is 5.70 Å². The van der Waals surface area contributed by atoms with Crippen molar-refractivity contribution < 1.29 is 18.6 Å². The first-order valence-electron chi connectivity index (χ1n) is 13.3. The first kappa shape index (κ1) is 27.1. The smallest absolute Gasteiger partial charge is 0.138 e. The Balaban J connectivity index is 1.32. The van der Waals surface area contributed by atoms with Gasteiger partial charge in [-0.1, -0.05) is 6.58 Å². The molecule has 2 saturated heterocycles. The van der Waals surface area contributed by atoms with Crippen molar-refractivity contribution in [3.8, 4) is 5.75 Å². The number of morpholine rings is 1. The Labute approximate surface area is 219 Å². The van der Waals surface area contributed by atoms with E-state index in [1.165, 1.54) is 6.07 Å². The van der Waals surface area contributed by atoms with E-state index in [1.807, 2.05) is 24.3 Å². The summed E-state index contributed by atoms with van der Waals surface area (Å²) in [6.45, 7) is 13.1. The molecule has 37 heavy (non-hydrogen) atoms. The lowest BCUT2D eigenvalue weighted by Crippen LogP contribution is -2.38. The van der Waals surface area contributed by atoms with E-state index in [9.17, 15) is 0 Å². The highest BCUT2D eigenvalue weighted by Gasteiger charge is 2.16. The molecule has 0 atom stereocenters. The van der Waals surface area contributed by atoms with Gasteiger partial charge in [-0.05, 0) is 56.4 Å². The quantitative estimate of drug-likeness (QED) is 0.364. The third kappa shape index (κ3) is 8.28. The van der Waals surface area contributed by atoms with Gasteiger partial charge in [0.2, 0.25) is 0 Å². The summed E-state index contributed by atoms with van der Waals surface area (Å²) in [5.74, 6) is 0.773. The minimum absolute atomic E-state index is 0.331. The lowest BCUT2D eigenvalue weighted by molar-refractivity contribution is 0.0322. The van der Waals surface area contributed by atoms with Gasteiger partial charge in [0.1, 0.15) is 18.2 Å². The maximum absolute atomic E-state index is 15.2. The average molecular weight is 511 g/mol. The van der Waals surface area contributed by atoms with E-state index in [1.54, 1.807) is 19.2 Å². The summed E-state index contributed by atoms with van der Waals surface area (Å²) in [6, 6.07) is 11.1. The van der Waals surface area contributed by atoms with Gasteiger partial charge in [-0.3, -0.25) is 9.89 Å². The Kier molecular flexibility index (Phi) is 10.3. The van der Waals surface area contributed by atoms with Crippen molar-refractivity contribution in [2.24, 2.45) is 10.9 Å². The monoisotopic (exact) mass is 510 g/mol. The highest BCUT2D eigenvalue weighted by molar-refractivity contribution is 5.83. The maximum atomic E-state index is 15.2. The Bertz CT molecular complexity index is 1030. The van der Waals surface area contributed by atoms with Crippen molar-refractivity contribution in [3.05, 3.63) is 54.4 Å². The fourth-order valence-electron chi connectivity index (χ4n) is 4.67. The molecular weight excluding hydrogens is 471 g/mol. The Morgan fingerprint density at radius 3 is 2.54 bits per heavy atom. The summed E-state index contributed by atoms with van der Waals surface area (Å²) < 4.78 is 31.9. The van der Waals surface area contributed by atoms with Crippen molar-refractivity contribution in [3.63, 3.8) is 0 Å². The van der Waals surface area contributed by atoms with Crippen LogP contribution < -0.4 is 15.4 Å². The first-order valence-corrected chi connectivity index (χ1v) is 13.3. The number of halogens is 1. The van der Waals surface area contributed by atoms with Crippen molar-refractivity contribution >= 4 is 29.0 Å². The summed E-state index contributed by atoms with van der Waals surface area (Å²) in [6.07, 6.45) is 5.08. The highest BCUT2D eigenvalue weighted by atomic mass is 19.1. The molecule has 8 heteroatoms. The van der Waals surface area contributed by atoms with Gasteiger partial charge < -0.3 is 24.8 Å². The molecule has 2 aliphatic heterocycles. The number of hydrogen-bond donors (Lipinski definition) is 2. The third-order valence-electron chi connectivity index (χ3n) is 6.80. The molecule has 2 aromatic carbocycles. The lowest BCUT2D eigenvalue weighted by atomic mass is 9.97. The molecule has 0 spiro atoms. The molecule has 2 heterocycles. The van der Waals surface area contributed by atoms with Gasteiger partial charge in [0.15, 0.2) is 0 Å². The fourth-order valence-corrected chi connectivity index (χ4v) is 4.67. The number of benzene rings is 2. The van der Waals surface area contributed by atoms with Gasteiger partial charge in [0, 0.05) is 74.8 Å². The van der Waals surface area contributed by atoms with Crippen molar-refractivity contribution in [2.75, 3.05) is 69.8 Å². The summed E-state index contributed by atoms with van der Waals surface area (Å²) in [7, 11) is 0. The number of nitrogens with zero attached hydrogens (tertiary/aromatic N) is 2. The molecule has 4 rings (SSSR count). The van der Waals surface area contributed by atoms with Crippen LogP contribution in [0.3, 0.4) is 0 Å². The Morgan fingerprint density at radius 2 is 1.81 bits per heavy atom. The molecule has 0 bridgehead atoms. The summed E-state index contributed by atoms with van der Waals surface area (Å²) in [5, 5.41) is 6.72.